The summed E-state index contributed by atoms with van der Waals surface area (Å²) in [5.74, 6) is 0.977. The first-order valence-corrected chi connectivity index (χ1v) is 9.55. The summed E-state index contributed by atoms with van der Waals surface area (Å²) in [7, 11) is -1.50. The van der Waals surface area contributed by atoms with E-state index in [1.165, 1.54) is 5.56 Å². The first kappa shape index (κ1) is 15.5. The smallest absolute Gasteiger partial charge is 0.242 e. The lowest BCUT2D eigenvalue weighted by Crippen LogP contribution is -2.34. The molecule has 1 atom stereocenters. The second-order valence-corrected chi connectivity index (χ2v) is 9.79. The molecule has 1 aliphatic heterocycles. The number of morpholine rings is 1. The van der Waals surface area contributed by atoms with Crippen molar-refractivity contribution < 1.29 is 9.16 Å². The van der Waals surface area contributed by atoms with Crippen molar-refractivity contribution in [3.8, 4) is 5.75 Å². The summed E-state index contributed by atoms with van der Waals surface area (Å²) >= 11 is 0. The molecule has 0 saturated carbocycles. The predicted octanol–water partition coefficient (Wildman–Crippen LogP) is 2.98. The standard InChI is InChI=1S/C13H21NO2Si.ClH/c1-17(2,3)16-12-6-4-11(5-7-12)13-10-15-9-8-14-13;/h4-7,13-14H,8-10H2,1-3H3;1H/t13-;/m0./s1. The van der Waals surface area contributed by atoms with Gasteiger partial charge in [0.1, 0.15) is 5.75 Å². The molecule has 1 N–H and O–H groups in total. The van der Waals surface area contributed by atoms with Crippen LogP contribution in [0.5, 0.6) is 5.75 Å². The number of nitrogens with one attached hydrogen (secondary N) is 1. The quantitative estimate of drug-likeness (QED) is 0.867. The second kappa shape index (κ2) is 6.57. The number of halogens is 1. The van der Waals surface area contributed by atoms with E-state index in [4.69, 9.17) is 9.16 Å². The molecule has 0 bridgehead atoms. The Bertz CT molecular complexity index is 358. The minimum Gasteiger partial charge on any atom is -0.544 e. The maximum atomic E-state index is 5.93. The number of hydrogen-bond acceptors (Lipinski definition) is 3. The third-order valence-electron chi connectivity index (χ3n) is 2.63. The van der Waals surface area contributed by atoms with Crippen molar-refractivity contribution in [3.63, 3.8) is 0 Å². The van der Waals surface area contributed by atoms with Crippen molar-refractivity contribution >= 4 is 20.7 Å². The fourth-order valence-corrected chi connectivity index (χ4v) is 2.74. The van der Waals surface area contributed by atoms with Gasteiger partial charge in [0, 0.05) is 6.54 Å². The van der Waals surface area contributed by atoms with E-state index in [9.17, 15) is 0 Å². The van der Waals surface area contributed by atoms with E-state index in [-0.39, 0.29) is 12.4 Å². The lowest BCUT2D eigenvalue weighted by atomic mass is 10.1. The van der Waals surface area contributed by atoms with Gasteiger partial charge in [0.2, 0.25) is 8.32 Å². The van der Waals surface area contributed by atoms with Gasteiger partial charge in [-0.1, -0.05) is 12.1 Å². The molecule has 1 heterocycles. The highest BCUT2D eigenvalue weighted by molar-refractivity contribution is 6.70. The van der Waals surface area contributed by atoms with Crippen molar-refractivity contribution in [2.75, 3.05) is 19.8 Å². The molecule has 0 aliphatic carbocycles. The summed E-state index contributed by atoms with van der Waals surface area (Å²) in [6.07, 6.45) is 0. The number of ether oxygens (including phenoxy) is 1. The minimum atomic E-state index is -1.50. The molecule has 0 amide bonds. The zero-order valence-electron chi connectivity index (χ0n) is 11.2. The maximum absolute atomic E-state index is 5.93. The van der Waals surface area contributed by atoms with Crippen molar-refractivity contribution in [2.45, 2.75) is 25.7 Å². The summed E-state index contributed by atoms with van der Waals surface area (Å²) in [6, 6.07) is 8.70. The Balaban J connectivity index is 0.00000162. The van der Waals surface area contributed by atoms with Crippen LogP contribution in [-0.2, 0) is 4.74 Å². The summed E-state index contributed by atoms with van der Waals surface area (Å²) < 4.78 is 11.4. The van der Waals surface area contributed by atoms with Gasteiger partial charge in [-0.15, -0.1) is 12.4 Å². The molecule has 3 nitrogen and oxygen atoms in total. The highest BCUT2D eigenvalue weighted by Gasteiger charge is 2.17. The Hall–Kier alpha value is -0.553. The fraction of sp³-hybridized carbons (Fsp3) is 0.538. The molecule has 1 saturated heterocycles. The van der Waals surface area contributed by atoms with Crippen molar-refractivity contribution in [1.29, 1.82) is 0 Å². The van der Waals surface area contributed by atoms with Crippen LogP contribution in [0, 0.1) is 0 Å². The highest BCUT2D eigenvalue weighted by Crippen LogP contribution is 2.21. The van der Waals surface area contributed by atoms with Crippen LogP contribution >= 0.6 is 12.4 Å². The molecule has 0 unspecified atom stereocenters. The first-order chi connectivity index (χ1) is 8.04. The lowest BCUT2D eigenvalue weighted by Gasteiger charge is -2.25. The van der Waals surface area contributed by atoms with Crippen LogP contribution in [0.25, 0.3) is 0 Å². The maximum Gasteiger partial charge on any atom is 0.242 e. The number of hydrogen-bond donors (Lipinski definition) is 1. The zero-order chi connectivity index (χ0) is 12.3. The Labute approximate surface area is 116 Å². The van der Waals surface area contributed by atoms with Crippen molar-refractivity contribution in [1.82, 2.24) is 5.32 Å². The van der Waals surface area contributed by atoms with Crippen molar-refractivity contribution in [2.24, 2.45) is 0 Å². The third kappa shape index (κ3) is 4.61. The van der Waals surface area contributed by atoms with E-state index >= 15 is 0 Å². The Kier molecular flexibility index (Phi) is 5.66. The highest BCUT2D eigenvalue weighted by atomic mass is 35.5. The predicted molar refractivity (Wildman–Crippen MR) is 79.2 cm³/mol. The van der Waals surface area contributed by atoms with Crippen LogP contribution in [0.3, 0.4) is 0 Å². The fourth-order valence-electron chi connectivity index (χ4n) is 1.90. The second-order valence-electron chi connectivity index (χ2n) is 5.37. The molecule has 102 valence electrons. The number of rotatable bonds is 3. The summed E-state index contributed by atoms with van der Waals surface area (Å²) in [6.45, 7) is 9.08. The topological polar surface area (TPSA) is 30.5 Å². The van der Waals surface area contributed by atoms with Crippen LogP contribution < -0.4 is 9.74 Å². The first-order valence-electron chi connectivity index (χ1n) is 6.15. The zero-order valence-corrected chi connectivity index (χ0v) is 13.0. The van der Waals surface area contributed by atoms with Crippen LogP contribution in [0.4, 0.5) is 0 Å². The van der Waals surface area contributed by atoms with Gasteiger partial charge in [-0.25, -0.2) is 0 Å². The molecular formula is C13H22ClNO2Si. The van der Waals surface area contributed by atoms with E-state index in [1.54, 1.807) is 0 Å². The van der Waals surface area contributed by atoms with Gasteiger partial charge in [0.25, 0.3) is 0 Å². The average molecular weight is 288 g/mol. The van der Waals surface area contributed by atoms with Crippen LogP contribution in [-0.4, -0.2) is 28.1 Å². The van der Waals surface area contributed by atoms with Crippen molar-refractivity contribution in [3.05, 3.63) is 29.8 Å². The van der Waals surface area contributed by atoms with Gasteiger partial charge in [0.15, 0.2) is 0 Å². The molecule has 1 aromatic carbocycles. The molecule has 18 heavy (non-hydrogen) atoms. The lowest BCUT2D eigenvalue weighted by molar-refractivity contribution is 0.0769. The van der Waals surface area contributed by atoms with Gasteiger partial charge in [-0.2, -0.15) is 0 Å². The average Bonchev–Trinajstić information content (AvgIpc) is 2.29. The molecule has 0 spiro atoms. The van der Waals surface area contributed by atoms with Crippen LogP contribution in [0.1, 0.15) is 11.6 Å². The van der Waals surface area contributed by atoms with Gasteiger partial charge in [-0.05, 0) is 37.3 Å². The van der Waals surface area contributed by atoms with E-state index in [2.05, 4.69) is 49.2 Å². The molecule has 1 aliphatic rings. The van der Waals surface area contributed by atoms with E-state index in [0.717, 1.165) is 25.5 Å². The Morgan fingerprint density at radius 1 is 1.22 bits per heavy atom. The third-order valence-corrected chi connectivity index (χ3v) is 3.48. The van der Waals surface area contributed by atoms with Crippen LogP contribution in [0.2, 0.25) is 19.6 Å². The molecule has 1 fully saturated rings. The Morgan fingerprint density at radius 2 is 1.89 bits per heavy atom. The van der Waals surface area contributed by atoms with Gasteiger partial charge < -0.3 is 14.5 Å². The molecule has 0 aromatic heterocycles. The van der Waals surface area contributed by atoms with E-state index in [1.807, 2.05) is 0 Å². The van der Waals surface area contributed by atoms with Gasteiger partial charge in [-0.3, -0.25) is 0 Å². The minimum absolute atomic E-state index is 0. The van der Waals surface area contributed by atoms with E-state index < -0.39 is 8.32 Å². The Morgan fingerprint density at radius 3 is 2.39 bits per heavy atom. The van der Waals surface area contributed by atoms with E-state index in [0.29, 0.717) is 6.04 Å². The van der Waals surface area contributed by atoms with Gasteiger partial charge >= 0.3 is 0 Å². The number of benzene rings is 1. The molecule has 1 aromatic rings. The SMILES string of the molecule is C[Si](C)(C)Oc1ccc([C@@H]2COCCN2)cc1.Cl. The largest absolute Gasteiger partial charge is 0.544 e. The molecule has 2 rings (SSSR count). The molecule has 0 radical (unpaired) electrons. The van der Waals surface area contributed by atoms with Gasteiger partial charge in [0.05, 0.1) is 19.3 Å². The monoisotopic (exact) mass is 287 g/mol. The normalized spacial score (nSPS) is 20.1. The summed E-state index contributed by atoms with van der Waals surface area (Å²) in [4.78, 5) is 0. The summed E-state index contributed by atoms with van der Waals surface area (Å²) in [5.41, 5.74) is 1.27. The molecule has 5 heteroatoms. The molecular weight excluding hydrogens is 266 g/mol. The summed E-state index contributed by atoms with van der Waals surface area (Å²) in [5, 5.41) is 3.45. The van der Waals surface area contributed by atoms with Crippen LogP contribution in [0.15, 0.2) is 24.3 Å².